The van der Waals surface area contributed by atoms with Crippen LogP contribution in [0.5, 0.6) is 5.75 Å². The van der Waals surface area contributed by atoms with Crippen LogP contribution in [0.1, 0.15) is 19.3 Å². The monoisotopic (exact) mass is 444 g/mol. The average molecular weight is 444 g/mol. The fourth-order valence-electron chi connectivity index (χ4n) is 3.10. The number of methoxy groups -OCH3 is 1. The summed E-state index contributed by atoms with van der Waals surface area (Å²) in [5.74, 6) is 2.93. The number of hydrogen-bond acceptors (Lipinski definition) is 3. The summed E-state index contributed by atoms with van der Waals surface area (Å²) in [4.78, 5) is 9.24. The minimum atomic E-state index is 0. The van der Waals surface area contributed by atoms with Crippen molar-refractivity contribution >= 4 is 35.6 Å². The second-order valence-corrected chi connectivity index (χ2v) is 6.38. The van der Waals surface area contributed by atoms with Gasteiger partial charge in [-0.15, -0.1) is 24.0 Å². The molecule has 2 aliphatic rings. The quantitative estimate of drug-likeness (QED) is 0.431. The minimum absolute atomic E-state index is 0. The number of benzene rings is 1. The fourth-order valence-corrected chi connectivity index (χ4v) is 3.10. The van der Waals surface area contributed by atoms with E-state index in [1.54, 1.807) is 7.11 Å². The van der Waals surface area contributed by atoms with Crippen molar-refractivity contribution in [3.05, 3.63) is 24.3 Å². The van der Waals surface area contributed by atoms with Gasteiger partial charge in [0.15, 0.2) is 5.96 Å². The van der Waals surface area contributed by atoms with Crippen molar-refractivity contribution in [3.8, 4) is 5.75 Å². The fraction of sp³-hybridized carbons (Fsp3) is 0.611. The molecule has 5 nitrogen and oxygen atoms in total. The Bertz CT molecular complexity index is 522. The molecule has 1 aromatic rings. The van der Waals surface area contributed by atoms with Crippen molar-refractivity contribution in [2.24, 2.45) is 10.9 Å². The first-order valence-corrected chi connectivity index (χ1v) is 8.64. The highest BCUT2D eigenvalue weighted by Crippen LogP contribution is 2.31. The molecule has 0 radical (unpaired) electrons. The largest absolute Gasteiger partial charge is 0.497 e. The third-order valence-electron chi connectivity index (χ3n) is 4.76. The number of guanidine groups is 1. The van der Waals surface area contributed by atoms with Gasteiger partial charge in [0.25, 0.3) is 0 Å². The molecule has 1 N–H and O–H groups in total. The predicted molar refractivity (Wildman–Crippen MR) is 111 cm³/mol. The van der Waals surface area contributed by atoms with Crippen LogP contribution in [0.15, 0.2) is 29.3 Å². The van der Waals surface area contributed by atoms with Gasteiger partial charge in [0.2, 0.25) is 0 Å². The highest BCUT2D eigenvalue weighted by Gasteiger charge is 2.22. The van der Waals surface area contributed by atoms with Crippen LogP contribution in [0.3, 0.4) is 0 Å². The summed E-state index contributed by atoms with van der Waals surface area (Å²) in [6.45, 7) is 5.12. The lowest BCUT2D eigenvalue weighted by molar-refractivity contribution is 0.372. The first-order valence-electron chi connectivity index (χ1n) is 8.64. The molecular weight excluding hydrogens is 415 g/mol. The van der Waals surface area contributed by atoms with Crippen LogP contribution in [-0.2, 0) is 0 Å². The van der Waals surface area contributed by atoms with Gasteiger partial charge in [0.05, 0.1) is 7.11 Å². The van der Waals surface area contributed by atoms with Gasteiger partial charge >= 0.3 is 0 Å². The van der Waals surface area contributed by atoms with Crippen molar-refractivity contribution in [2.75, 3.05) is 51.8 Å². The Morgan fingerprint density at radius 3 is 2.38 bits per heavy atom. The summed E-state index contributed by atoms with van der Waals surface area (Å²) in [6.07, 6.45) is 4.12. The highest BCUT2D eigenvalue weighted by atomic mass is 127. The summed E-state index contributed by atoms with van der Waals surface area (Å²) < 4.78 is 5.23. The molecule has 1 aliphatic heterocycles. The van der Waals surface area contributed by atoms with E-state index in [9.17, 15) is 0 Å². The maximum absolute atomic E-state index is 5.23. The second-order valence-electron chi connectivity index (χ2n) is 6.38. The molecule has 1 saturated carbocycles. The second kappa shape index (κ2) is 9.34. The summed E-state index contributed by atoms with van der Waals surface area (Å²) in [5.41, 5.74) is 1.27. The third-order valence-corrected chi connectivity index (χ3v) is 4.76. The lowest BCUT2D eigenvalue weighted by Crippen LogP contribution is -2.52. The van der Waals surface area contributed by atoms with Crippen LogP contribution >= 0.6 is 24.0 Å². The molecule has 3 rings (SSSR count). The molecule has 1 aromatic carbocycles. The van der Waals surface area contributed by atoms with E-state index in [0.29, 0.717) is 0 Å². The van der Waals surface area contributed by atoms with Crippen molar-refractivity contribution in [2.45, 2.75) is 19.3 Å². The van der Waals surface area contributed by atoms with E-state index in [1.165, 1.54) is 24.9 Å². The van der Waals surface area contributed by atoms with E-state index >= 15 is 0 Å². The van der Waals surface area contributed by atoms with Gasteiger partial charge in [-0.3, -0.25) is 4.99 Å². The normalized spacial score (nSPS) is 18.2. The summed E-state index contributed by atoms with van der Waals surface area (Å²) >= 11 is 0. The Morgan fingerprint density at radius 1 is 1.17 bits per heavy atom. The molecular formula is C18H29IN4O. The van der Waals surface area contributed by atoms with E-state index in [2.05, 4.69) is 32.2 Å². The molecule has 134 valence electrons. The van der Waals surface area contributed by atoms with E-state index in [4.69, 9.17) is 4.74 Å². The maximum atomic E-state index is 5.23. The van der Waals surface area contributed by atoms with E-state index < -0.39 is 0 Å². The van der Waals surface area contributed by atoms with Crippen LogP contribution in [-0.4, -0.2) is 57.7 Å². The highest BCUT2D eigenvalue weighted by molar-refractivity contribution is 14.0. The number of nitrogens with one attached hydrogen (secondary N) is 1. The van der Waals surface area contributed by atoms with Gasteiger partial charge in [-0.1, -0.05) is 12.8 Å². The van der Waals surface area contributed by atoms with Crippen molar-refractivity contribution in [1.29, 1.82) is 0 Å². The van der Waals surface area contributed by atoms with Crippen LogP contribution in [0.2, 0.25) is 0 Å². The number of halogens is 1. The molecule has 1 aliphatic carbocycles. The van der Waals surface area contributed by atoms with Crippen LogP contribution in [0.4, 0.5) is 5.69 Å². The Kier molecular flexibility index (Phi) is 7.45. The lowest BCUT2D eigenvalue weighted by Gasteiger charge is -2.37. The zero-order chi connectivity index (χ0) is 16.1. The van der Waals surface area contributed by atoms with E-state index in [0.717, 1.165) is 50.4 Å². The molecule has 24 heavy (non-hydrogen) atoms. The zero-order valence-electron chi connectivity index (χ0n) is 14.7. The Labute approximate surface area is 162 Å². The topological polar surface area (TPSA) is 40.1 Å². The van der Waals surface area contributed by atoms with Gasteiger partial charge in [-0.2, -0.15) is 0 Å². The Hall–Kier alpha value is -1.18. The number of piperazine rings is 1. The van der Waals surface area contributed by atoms with Crippen LogP contribution in [0.25, 0.3) is 0 Å². The number of hydrogen-bond donors (Lipinski definition) is 1. The number of nitrogens with zero attached hydrogens (tertiary/aromatic N) is 3. The first-order chi connectivity index (χ1) is 11.3. The predicted octanol–water partition coefficient (Wildman–Crippen LogP) is 2.81. The maximum Gasteiger partial charge on any atom is 0.193 e. The van der Waals surface area contributed by atoms with E-state index in [-0.39, 0.29) is 24.0 Å². The first kappa shape index (κ1) is 19.1. The Balaban J connectivity index is 0.00000208. The van der Waals surface area contributed by atoms with Gasteiger partial charge in [0.1, 0.15) is 5.75 Å². The van der Waals surface area contributed by atoms with Gasteiger partial charge < -0.3 is 19.9 Å². The standard InChI is InChI=1S/C18H28N4O.HI/c1-19-18(20-10-9-15-3-4-15)22-13-11-21(12-14-22)16-5-7-17(23-2)8-6-16;/h5-8,15H,3-4,9-14H2,1-2H3,(H,19,20);1H. The van der Waals surface area contributed by atoms with Crippen molar-refractivity contribution < 1.29 is 4.74 Å². The van der Waals surface area contributed by atoms with Gasteiger partial charge in [-0.25, -0.2) is 0 Å². The molecule has 1 heterocycles. The summed E-state index contributed by atoms with van der Waals surface area (Å²) in [7, 11) is 3.59. The molecule has 0 aromatic heterocycles. The summed E-state index contributed by atoms with van der Waals surface area (Å²) in [5, 5.41) is 3.52. The number of anilines is 1. The third kappa shape index (κ3) is 5.16. The Morgan fingerprint density at radius 2 is 1.83 bits per heavy atom. The molecule has 1 saturated heterocycles. The average Bonchev–Trinajstić information content (AvgIpc) is 3.43. The molecule has 0 bridgehead atoms. The van der Waals surface area contributed by atoms with Crippen LogP contribution < -0.4 is 15.0 Å². The molecule has 0 unspecified atom stereocenters. The molecule has 0 atom stereocenters. The molecule has 0 spiro atoms. The molecule has 6 heteroatoms. The minimum Gasteiger partial charge on any atom is -0.497 e. The zero-order valence-corrected chi connectivity index (χ0v) is 17.0. The number of aliphatic imine (C=N–C) groups is 1. The van der Waals surface area contributed by atoms with Gasteiger partial charge in [0, 0.05) is 45.5 Å². The van der Waals surface area contributed by atoms with E-state index in [1.807, 2.05) is 19.2 Å². The summed E-state index contributed by atoms with van der Waals surface area (Å²) in [6, 6.07) is 8.33. The SMILES string of the molecule is CN=C(NCCC1CC1)N1CCN(c2ccc(OC)cc2)CC1.I. The lowest BCUT2D eigenvalue weighted by atomic mass is 10.2. The molecule has 0 amide bonds. The molecule has 2 fully saturated rings. The van der Waals surface area contributed by atoms with Crippen molar-refractivity contribution in [3.63, 3.8) is 0 Å². The number of ether oxygens (including phenoxy) is 1. The van der Waals surface area contributed by atoms with Crippen molar-refractivity contribution in [1.82, 2.24) is 10.2 Å². The van der Waals surface area contributed by atoms with Crippen LogP contribution in [0, 0.1) is 5.92 Å². The number of rotatable bonds is 5. The van der Waals surface area contributed by atoms with Gasteiger partial charge in [-0.05, 0) is 36.6 Å². The smallest absolute Gasteiger partial charge is 0.193 e.